The van der Waals surface area contributed by atoms with E-state index in [-0.39, 0.29) is 16.8 Å². The number of fused-ring (bicyclic) bond motifs is 1. The molecule has 0 aliphatic heterocycles. The van der Waals surface area contributed by atoms with Gasteiger partial charge in [-0.1, -0.05) is 18.2 Å². The fourth-order valence-corrected chi connectivity index (χ4v) is 3.93. The Balaban J connectivity index is 2.24. The Kier molecular flexibility index (Phi) is 4.65. The summed E-state index contributed by atoms with van der Waals surface area (Å²) in [6.07, 6.45) is 0. The zero-order chi connectivity index (χ0) is 18.1. The van der Waals surface area contributed by atoms with Crippen molar-refractivity contribution in [3.63, 3.8) is 0 Å². The van der Waals surface area contributed by atoms with Crippen molar-refractivity contribution in [2.75, 3.05) is 6.61 Å². The third-order valence-electron chi connectivity index (χ3n) is 3.67. The number of aromatic amines is 1. The number of carbonyl (C=O) groups is 2. The van der Waals surface area contributed by atoms with E-state index in [2.05, 4.69) is 4.98 Å². The molecule has 0 amide bonds. The Morgan fingerprint density at radius 2 is 1.96 bits per heavy atom. The summed E-state index contributed by atoms with van der Waals surface area (Å²) in [4.78, 5) is 41.3. The summed E-state index contributed by atoms with van der Waals surface area (Å²) in [6.45, 7) is 3.60. The normalized spacial score (nSPS) is 10.8. The topological polar surface area (TPSA) is 81.2 Å². The number of ether oxygens (including phenoxy) is 1. The van der Waals surface area contributed by atoms with Crippen LogP contribution >= 0.6 is 23.6 Å². The van der Waals surface area contributed by atoms with Crippen LogP contribution in [0.1, 0.15) is 32.5 Å². The predicted molar refractivity (Wildman–Crippen MR) is 98.1 cm³/mol. The number of nitrogens with one attached hydrogen (secondary N) is 1. The molecule has 6 nitrogen and oxygen atoms in total. The van der Waals surface area contributed by atoms with Gasteiger partial charge in [-0.15, -0.1) is 11.3 Å². The SMILES string of the molecule is CCOC(=O)c1sc2[nH]c(=S)n(C(=O)c3ccccc3)c(=O)c2c1C. The molecular weight excluding hydrogens is 360 g/mol. The first-order valence-electron chi connectivity index (χ1n) is 7.51. The van der Waals surface area contributed by atoms with Gasteiger partial charge in [-0.25, -0.2) is 9.36 Å². The fraction of sp³-hybridized carbons (Fsp3) is 0.176. The third-order valence-corrected chi connectivity index (χ3v) is 5.14. The van der Waals surface area contributed by atoms with Gasteiger partial charge in [0.25, 0.3) is 11.5 Å². The van der Waals surface area contributed by atoms with Crippen molar-refractivity contribution < 1.29 is 14.3 Å². The first kappa shape index (κ1) is 17.2. The molecule has 2 heterocycles. The van der Waals surface area contributed by atoms with Crippen LogP contribution < -0.4 is 5.56 Å². The molecule has 25 heavy (non-hydrogen) atoms. The highest BCUT2D eigenvalue weighted by atomic mass is 32.1. The van der Waals surface area contributed by atoms with Gasteiger partial charge in [0.05, 0.1) is 12.0 Å². The second kappa shape index (κ2) is 6.73. The molecule has 2 aromatic heterocycles. The van der Waals surface area contributed by atoms with Gasteiger partial charge in [0, 0.05) is 5.56 Å². The highest BCUT2D eigenvalue weighted by Crippen LogP contribution is 2.27. The van der Waals surface area contributed by atoms with Crippen LogP contribution in [0.4, 0.5) is 0 Å². The van der Waals surface area contributed by atoms with Crippen molar-refractivity contribution in [3.8, 4) is 0 Å². The molecule has 0 radical (unpaired) electrons. The lowest BCUT2D eigenvalue weighted by molar-refractivity contribution is 0.0531. The lowest BCUT2D eigenvalue weighted by Gasteiger charge is -2.05. The van der Waals surface area contributed by atoms with Crippen molar-refractivity contribution in [2.24, 2.45) is 0 Å². The van der Waals surface area contributed by atoms with E-state index in [9.17, 15) is 14.4 Å². The lowest BCUT2D eigenvalue weighted by atomic mass is 10.2. The van der Waals surface area contributed by atoms with Gasteiger partial charge in [-0.3, -0.25) is 9.59 Å². The average molecular weight is 374 g/mol. The molecule has 128 valence electrons. The van der Waals surface area contributed by atoms with Crippen molar-refractivity contribution >= 4 is 45.6 Å². The van der Waals surface area contributed by atoms with Crippen LogP contribution in [0, 0.1) is 11.7 Å². The van der Waals surface area contributed by atoms with Crippen LogP contribution in [0.15, 0.2) is 35.1 Å². The number of H-pyrrole nitrogens is 1. The van der Waals surface area contributed by atoms with Crippen molar-refractivity contribution in [1.82, 2.24) is 9.55 Å². The van der Waals surface area contributed by atoms with Gasteiger partial charge in [-0.05, 0) is 43.8 Å². The number of rotatable bonds is 3. The summed E-state index contributed by atoms with van der Waals surface area (Å²) in [5, 5.41) is 0.269. The minimum Gasteiger partial charge on any atom is -0.462 e. The van der Waals surface area contributed by atoms with Gasteiger partial charge < -0.3 is 9.72 Å². The van der Waals surface area contributed by atoms with Crippen LogP contribution in [0.3, 0.4) is 0 Å². The number of benzene rings is 1. The zero-order valence-corrected chi connectivity index (χ0v) is 15.1. The number of esters is 1. The second-order valence-corrected chi connectivity index (χ2v) is 6.63. The van der Waals surface area contributed by atoms with Gasteiger partial charge in [0.1, 0.15) is 9.71 Å². The summed E-state index contributed by atoms with van der Waals surface area (Å²) >= 11 is 6.28. The van der Waals surface area contributed by atoms with Crippen molar-refractivity contribution in [1.29, 1.82) is 0 Å². The molecule has 3 rings (SSSR count). The van der Waals surface area contributed by atoms with Crippen molar-refractivity contribution in [2.45, 2.75) is 13.8 Å². The van der Waals surface area contributed by atoms with Crippen LogP contribution in [0.2, 0.25) is 0 Å². The van der Waals surface area contributed by atoms with E-state index < -0.39 is 17.4 Å². The van der Waals surface area contributed by atoms with E-state index in [0.717, 1.165) is 15.9 Å². The highest BCUT2D eigenvalue weighted by molar-refractivity contribution is 7.71. The molecule has 0 saturated carbocycles. The molecule has 1 N–H and O–H groups in total. The number of thiophene rings is 1. The smallest absolute Gasteiger partial charge is 0.348 e. The minimum atomic E-state index is -0.545. The molecule has 0 aliphatic carbocycles. The number of hydrogen-bond donors (Lipinski definition) is 1. The van der Waals surface area contributed by atoms with E-state index in [1.54, 1.807) is 44.2 Å². The van der Waals surface area contributed by atoms with Gasteiger partial charge >= 0.3 is 5.97 Å². The molecule has 8 heteroatoms. The number of carbonyl (C=O) groups excluding carboxylic acids is 2. The lowest BCUT2D eigenvalue weighted by Crippen LogP contribution is -2.29. The van der Waals surface area contributed by atoms with Gasteiger partial charge in [0.15, 0.2) is 4.77 Å². The maximum absolute atomic E-state index is 12.9. The maximum Gasteiger partial charge on any atom is 0.348 e. The summed E-state index contributed by atoms with van der Waals surface area (Å²) in [7, 11) is 0. The number of aromatic nitrogens is 2. The quantitative estimate of drug-likeness (QED) is 0.562. The first-order valence-corrected chi connectivity index (χ1v) is 8.73. The Morgan fingerprint density at radius 3 is 2.60 bits per heavy atom. The van der Waals surface area contributed by atoms with Crippen LogP contribution in [-0.4, -0.2) is 28.0 Å². The molecule has 1 aromatic carbocycles. The Hall–Kier alpha value is -2.58. The van der Waals surface area contributed by atoms with Gasteiger partial charge in [-0.2, -0.15) is 0 Å². The van der Waals surface area contributed by atoms with Crippen LogP contribution in [0.25, 0.3) is 10.2 Å². The van der Waals surface area contributed by atoms with Crippen LogP contribution in [-0.2, 0) is 4.74 Å². The van der Waals surface area contributed by atoms with Crippen molar-refractivity contribution in [3.05, 3.63) is 61.5 Å². The summed E-state index contributed by atoms with van der Waals surface area (Å²) in [5.41, 5.74) is 0.281. The minimum absolute atomic E-state index is 0.0111. The van der Waals surface area contributed by atoms with E-state index in [4.69, 9.17) is 17.0 Å². The molecule has 0 aliphatic rings. The average Bonchev–Trinajstić information content (AvgIpc) is 2.92. The number of aryl methyl sites for hydroxylation is 1. The Morgan fingerprint density at radius 1 is 1.28 bits per heavy atom. The Bertz CT molecular complexity index is 1090. The molecule has 0 atom stereocenters. The largest absolute Gasteiger partial charge is 0.462 e. The van der Waals surface area contributed by atoms with E-state index in [1.807, 2.05) is 0 Å². The molecule has 0 spiro atoms. The van der Waals surface area contributed by atoms with E-state index >= 15 is 0 Å². The van der Waals surface area contributed by atoms with Crippen LogP contribution in [0.5, 0.6) is 0 Å². The monoisotopic (exact) mass is 374 g/mol. The highest BCUT2D eigenvalue weighted by Gasteiger charge is 2.22. The zero-order valence-electron chi connectivity index (χ0n) is 13.5. The summed E-state index contributed by atoms with van der Waals surface area (Å²) < 4.78 is 5.92. The standard InChI is InChI=1S/C17H14N2O4S2/c1-3-23-16(22)12-9(2)11-13(25-12)18-17(24)19(15(11)21)14(20)10-7-5-4-6-8-10/h4-8H,3H2,1-2H3,(H,18,24). The predicted octanol–water partition coefficient (Wildman–Crippen LogP) is 3.29. The molecular formula is C17H14N2O4S2. The molecule has 3 aromatic rings. The summed E-state index contributed by atoms with van der Waals surface area (Å²) in [5.74, 6) is -1.02. The number of nitrogens with zero attached hydrogens (tertiary/aromatic N) is 1. The number of hydrogen-bond acceptors (Lipinski definition) is 6. The fourth-order valence-electron chi connectivity index (χ4n) is 2.50. The molecule has 0 bridgehead atoms. The molecule has 0 unspecified atom stereocenters. The second-order valence-electron chi connectivity index (χ2n) is 5.22. The first-order chi connectivity index (χ1) is 12.0. The Labute approximate surface area is 151 Å². The maximum atomic E-state index is 12.9. The van der Waals surface area contributed by atoms with Gasteiger partial charge in [0.2, 0.25) is 0 Å². The van der Waals surface area contributed by atoms with E-state index in [0.29, 0.717) is 20.8 Å². The third kappa shape index (κ3) is 2.94. The summed E-state index contributed by atoms with van der Waals surface area (Å²) in [6, 6.07) is 8.41. The van der Waals surface area contributed by atoms with E-state index in [1.165, 1.54) is 0 Å². The molecule has 0 saturated heterocycles. The molecule has 0 fully saturated rings.